The highest BCUT2D eigenvalue weighted by atomic mass is 32.2. The minimum Gasteiger partial charge on any atom is -0.340 e. The summed E-state index contributed by atoms with van der Waals surface area (Å²) < 4.78 is 0. The first kappa shape index (κ1) is 17.5. The Morgan fingerprint density at radius 3 is 2.85 bits per heavy atom. The molecule has 2 atom stereocenters. The Morgan fingerprint density at radius 2 is 2.08 bits per heavy atom. The number of fused-ring (bicyclic) bond motifs is 4. The van der Waals surface area contributed by atoms with Gasteiger partial charge in [-0.25, -0.2) is 4.98 Å². The van der Waals surface area contributed by atoms with E-state index in [0.29, 0.717) is 22.9 Å². The molecule has 3 aliphatic heterocycles. The molecule has 0 spiro atoms. The molecule has 0 saturated carbocycles. The molecule has 0 aliphatic carbocycles. The monoisotopic (exact) mass is 371 g/mol. The van der Waals surface area contributed by atoms with Gasteiger partial charge in [0.15, 0.2) is 0 Å². The van der Waals surface area contributed by atoms with Crippen LogP contribution in [-0.2, 0) is 11.3 Å². The molecule has 0 unspecified atom stereocenters. The summed E-state index contributed by atoms with van der Waals surface area (Å²) in [5.74, 6) is 1.98. The van der Waals surface area contributed by atoms with Crippen molar-refractivity contribution in [3.8, 4) is 0 Å². The van der Waals surface area contributed by atoms with Crippen molar-refractivity contribution in [1.82, 2.24) is 25.0 Å². The lowest BCUT2D eigenvalue weighted by molar-refractivity contribution is -0.128. The number of carbonyl (C=O) groups excluding carboxylic acids is 1. The van der Waals surface area contributed by atoms with Gasteiger partial charge in [0.25, 0.3) is 0 Å². The minimum absolute atomic E-state index is 0.205. The van der Waals surface area contributed by atoms with Gasteiger partial charge < -0.3 is 4.90 Å². The molecule has 1 aromatic heterocycles. The molecular weight excluding hydrogens is 346 g/mol. The molecule has 4 heterocycles. The molecule has 1 N–H and O–H groups in total. The Balaban J connectivity index is 1.37. The highest BCUT2D eigenvalue weighted by molar-refractivity contribution is 7.99. The molecule has 0 radical (unpaired) electrons. The summed E-state index contributed by atoms with van der Waals surface area (Å²) in [6.07, 6.45) is 2.42. The number of benzene rings is 1. The molecule has 1 aromatic carbocycles. The number of H-pyrrole nitrogens is 1. The van der Waals surface area contributed by atoms with Crippen LogP contribution in [0.2, 0.25) is 0 Å². The van der Waals surface area contributed by atoms with Gasteiger partial charge in [0.2, 0.25) is 11.1 Å². The second-order valence-electron chi connectivity index (χ2n) is 7.30. The van der Waals surface area contributed by atoms with Crippen LogP contribution in [0.4, 0.5) is 0 Å². The van der Waals surface area contributed by atoms with Gasteiger partial charge in [-0.2, -0.15) is 0 Å². The van der Waals surface area contributed by atoms with E-state index in [4.69, 9.17) is 0 Å². The van der Waals surface area contributed by atoms with Crippen LogP contribution in [0.5, 0.6) is 0 Å². The fourth-order valence-corrected chi connectivity index (χ4v) is 4.75. The molecule has 3 aliphatic rings. The smallest absolute Gasteiger partial charge is 0.233 e. The predicted molar refractivity (Wildman–Crippen MR) is 102 cm³/mol. The SMILES string of the molecule is Cc1nc(SCC(=O)N2C[C@H]3CC[C@@H](C2)N(Cc2ccccc2)C3)n[nH]1. The van der Waals surface area contributed by atoms with Crippen LogP contribution < -0.4 is 0 Å². The zero-order chi connectivity index (χ0) is 17.9. The molecule has 1 amide bonds. The van der Waals surface area contributed by atoms with E-state index in [1.165, 1.54) is 30.2 Å². The lowest BCUT2D eigenvalue weighted by atomic mass is 9.94. The molecule has 3 saturated heterocycles. The predicted octanol–water partition coefficient (Wildman–Crippen LogP) is 2.33. The fraction of sp³-hybridized carbons (Fsp3) is 0.526. The van der Waals surface area contributed by atoms with Crippen molar-refractivity contribution < 1.29 is 4.79 Å². The molecule has 6 nitrogen and oxygen atoms in total. The van der Waals surface area contributed by atoms with Gasteiger partial charge >= 0.3 is 0 Å². The zero-order valence-corrected chi connectivity index (χ0v) is 15.9. The summed E-state index contributed by atoms with van der Waals surface area (Å²) in [5, 5.41) is 7.57. The Labute approximate surface area is 158 Å². The van der Waals surface area contributed by atoms with Gasteiger partial charge in [0.1, 0.15) is 5.82 Å². The van der Waals surface area contributed by atoms with Crippen LogP contribution >= 0.6 is 11.8 Å². The number of nitrogens with one attached hydrogen (secondary N) is 1. The number of nitrogens with zero attached hydrogens (tertiary/aromatic N) is 4. The maximum absolute atomic E-state index is 12.7. The number of hydrogen-bond acceptors (Lipinski definition) is 5. The van der Waals surface area contributed by atoms with Crippen LogP contribution in [-0.4, -0.2) is 62.3 Å². The standard InChI is InChI=1S/C19H25N5OS/c1-14-20-19(22-21-14)26-13-18(25)24-11-16-7-8-17(12-24)23(10-16)9-15-5-3-2-4-6-15/h2-6,16-17H,7-13H2,1H3,(H,20,21,22)/t16-,17-/m0/s1. The largest absolute Gasteiger partial charge is 0.340 e. The van der Waals surface area contributed by atoms with Gasteiger partial charge in [-0.05, 0) is 31.2 Å². The van der Waals surface area contributed by atoms with Crippen LogP contribution in [0.1, 0.15) is 24.2 Å². The average molecular weight is 372 g/mol. The first-order valence-corrected chi connectivity index (χ1v) is 10.2. The van der Waals surface area contributed by atoms with Gasteiger partial charge in [-0.3, -0.25) is 14.8 Å². The number of aryl methyl sites for hydroxylation is 1. The Kier molecular flexibility index (Phi) is 5.26. The number of carbonyl (C=O) groups is 1. The minimum atomic E-state index is 0.205. The molecule has 5 rings (SSSR count). The maximum atomic E-state index is 12.7. The van der Waals surface area contributed by atoms with Gasteiger partial charge in [-0.15, -0.1) is 5.10 Å². The topological polar surface area (TPSA) is 65.1 Å². The highest BCUT2D eigenvalue weighted by Crippen LogP contribution is 2.29. The van der Waals surface area contributed by atoms with Gasteiger partial charge in [0, 0.05) is 32.2 Å². The van der Waals surface area contributed by atoms with E-state index in [1.54, 1.807) is 0 Å². The van der Waals surface area contributed by atoms with E-state index in [9.17, 15) is 4.79 Å². The number of piperidine rings is 1. The van der Waals surface area contributed by atoms with Crippen molar-refractivity contribution in [3.05, 3.63) is 41.7 Å². The molecule has 26 heavy (non-hydrogen) atoms. The number of aromatic nitrogens is 3. The lowest BCUT2D eigenvalue weighted by Crippen LogP contribution is -2.44. The molecule has 7 heteroatoms. The van der Waals surface area contributed by atoms with E-state index in [0.717, 1.165) is 32.0 Å². The van der Waals surface area contributed by atoms with Crippen LogP contribution in [0.3, 0.4) is 0 Å². The van der Waals surface area contributed by atoms with E-state index in [1.807, 2.05) is 6.92 Å². The summed E-state index contributed by atoms with van der Waals surface area (Å²) >= 11 is 1.42. The maximum Gasteiger partial charge on any atom is 0.233 e. The number of rotatable bonds is 5. The normalized spacial score (nSPS) is 23.2. The summed E-state index contributed by atoms with van der Waals surface area (Å²) in [6, 6.07) is 11.1. The van der Waals surface area contributed by atoms with Crippen molar-refractivity contribution in [2.24, 2.45) is 5.92 Å². The van der Waals surface area contributed by atoms with Crippen molar-refractivity contribution >= 4 is 17.7 Å². The van der Waals surface area contributed by atoms with Crippen molar-refractivity contribution in [1.29, 1.82) is 0 Å². The third kappa shape index (κ3) is 4.10. The molecule has 2 aromatic rings. The first-order chi connectivity index (χ1) is 12.7. The number of thioether (sulfide) groups is 1. The Morgan fingerprint density at radius 1 is 1.23 bits per heavy atom. The molecule has 3 fully saturated rings. The second-order valence-corrected chi connectivity index (χ2v) is 8.25. The van der Waals surface area contributed by atoms with Crippen molar-refractivity contribution in [2.45, 2.75) is 37.5 Å². The third-order valence-corrected chi connectivity index (χ3v) is 6.14. The fourth-order valence-electron chi connectivity index (χ4n) is 4.00. The summed E-state index contributed by atoms with van der Waals surface area (Å²) in [6.45, 7) is 5.67. The second kappa shape index (κ2) is 7.80. The lowest BCUT2D eigenvalue weighted by Gasteiger charge is -2.36. The van der Waals surface area contributed by atoms with Crippen LogP contribution in [0.25, 0.3) is 0 Å². The van der Waals surface area contributed by atoms with Crippen molar-refractivity contribution in [2.75, 3.05) is 25.4 Å². The Bertz CT molecular complexity index is 749. The molecule has 2 bridgehead atoms. The molecule has 138 valence electrons. The van der Waals surface area contributed by atoms with Crippen LogP contribution in [0.15, 0.2) is 35.5 Å². The molecular formula is C19H25N5OS. The van der Waals surface area contributed by atoms with E-state index in [2.05, 4.69) is 55.3 Å². The summed E-state index contributed by atoms with van der Waals surface area (Å²) in [7, 11) is 0. The highest BCUT2D eigenvalue weighted by Gasteiger charge is 2.36. The van der Waals surface area contributed by atoms with Crippen molar-refractivity contribution in [3.63, 3.8) is 0 Å². The Hall–Kier alpha value is -1.86. The summed E-state index contributed by atoms with van der Waals surface area (Å²) in [4.78, 5) is 21.6. The van der Waals surface area contributed by atoms with Crippen LogP contribution in [0, 0.1) is 12.8 Å². The first-order valence-electron chi connectivity index (χ1n) is 9.25. The van der Waals surface area contributed by atoms with E-state index >= 15 is 0 Å². The van der Waals surface area contributed by atoms with E-state index < -0.39 is 0 Å². The number of amides is 1. The van der Waals surface area contributed by atoms with Gasteiger partial charge in [-0.1, -0.05) is 42.1 Å². The zero-order valence-electron chi connectivity index (χ0n) is 15.1. The average Bonchev–Trinajstić information content (AvgIpc) is 2.87. The number of hydrogen-bond donors (Lipinski definition) is 1. The quantitative estimate of drug-likeness (QED) is 0.817. The van der Waals surface area contributed by atoms with Gasteiger partial charge in [0.05, 0.1) is 5.75 Å². The number of aromatic amines is 1. The third-order valence-electron chi connectivity index (χ3n) is 5.31. The van der Waals surface area contributed by atoms with E-state index in [-0.39, 0.29) is 5.91 Å². The summed E-state index contributed by atoms with van der Waals surface area (Å²) in [5.41, 5.74) is 1.36.